The molecule has 3 N–H and O–H groups in total. The van der Waals surface area contributed by atoms with Crippen molar-refractivity contribution in [2.24, 2.45) is 11.7 Å². The van der Waals surface area contributed by atoms with Crippen molar-refractivity contribution in [1.82, 2.24) is 4.72 Å². The molecule has 0 bridgehead atoms. The molecular formula is C11H14Cl4N2O2S. The zero-order valence-electron chi connectivity index (χ0n) is 10.3. The number of nitrogens with one attached hydrogen (secondary N) is 1. The molecule has 9 heteroatoms. The Labute approximate surface area is 139 Å². The van der Waals surface area contributed by atoms with Crippen LogP contribution in [0.3, 0.4) is 0 Å². The highest BCUT2D eigenvalue weighted by Crippen LogP contribution is 2.33. The van der Waals surface area contributed by atoms with E-state index in [0.29, 0.717) is 5.92 Å². The highest BCUT2D eigenvalue weighted by Gasteiger charge is 2.30. The van der Waals surface area contributed by atoms with Gasteiger partial charge in [0.15, 0.2) is 0 Å². The molecule has 0 heterocycles. The minimum absolute atomic E-state index is 0. The maximum absolute atomic E-state index is 12.2. The summed E-state index contributed by atoms with van der Waals surface area (Å²) in [5.74, 6) is 0.402. The maximum Gasteiger partial charge on any atom is 0.243 e. The zero-order valence-corrected chi connectivity index (χ0v) is 14.2. The van der Waals surface area contributed by atoms with Gasteiger partial charge in [0, 0.05) is 17.6 Å². The van der Waals surface area contributed by atoms with Gasteiger partial charge in [0.05, 0.1) is 10.0 Å². The molecule has 0 radical (unpaired) electrons. The van der Waals surface area contributed by atoms with Gasteiger partial charge in [-0.3, -0.25) is 0 Å². The fourth-order valence-corrected chi connectivity index (χ4v) is 4.37. The van der Waals surface area contributed by atoms with Gasteiger partial charge in [-0.2, -0.15) is 0 Å². The van der Waals surface area contributed by atoms with Crippen molar-refractivity contribution < 1.29 is 8.42 Å². The van der Waals surface area contributed by atoms with Crippen LogP contribution in [0.1, 0.15) is 12.8 Å². The molecule has 0 spiro atoms. The molecule has 20 heavy (non-hydrogen) atoms. The van der Waals surface area contributed by atoms with E-state index in [1.54, 1.807) is 0 Å². The van der Waals surface area contributed by atoms with Crippen LogP contribution in [0, 0.1) is 5.92 Å². The third kappa shape index (κ3) is 4.37. The van der Waals surface area contributed by atoms with E-state index in [9.17, 15) is 8.42 Å². The summed E-state index contributed by atoms with van der Waals surface area (Å²) in [6.07, 6.45) is 2.09. The monoisotopic (exact) mass is 378 g/mol. The van der Waals surface area contributed by atoms with Gasteiger partial charge in [0.25, 0.3) is 0 Å². The van der Waals surface area contributed by atoms with Crippen molar-refractivity contribution in [3.63, 3.8) is 0 Å². The second-order valence-electron chi connectivity index (χ2n) is 4.55. The van der Waals surface area contributed by atoms with Crippen LogP contribution in [-0.4, -0.2) is 21.0 Å². The van der Waals surface area contributed by atoms with Gasteiger partial charge in [0.2, 0.25) is 10.0 Å². The molecule has 114 valence electrons. The molecule has 1 atom stereocenters. The van der Waals surface area contributed by atoms with Gasteiger partial charge in [-0.15, -0.1) is 12.4 Å². The summed E-state index contributed by atoms with van der Waals surface area (Å²) in [5.41, 5.74) is 5.85. The van der Waals surface area contributed by atoms with E-state index in [1.165, 1.54) is 12.1 Å². The first-order valence-electron chi connectivity index (χ1n) is 5.71. The molecule has 0 amide bonds. The molecule has 1 unspecified atom stereocenters. The Morgan fingerprint density at radius 3 is 2.20 bits per heavy atom. The maximum atomic E-state index is 12.2. The summed E-state index contributed by atoms with van der Waals surface area (Å²) in [6.45, 7) is 0.169. The van der Waals surface area contributed by atoms with Crippen molar-refractivity contribution in [3.8, 4) is 0 Å². The molecule has 0 saturated heterocycles. The second kappa shape index (κ2) is 7.01. The van der Waals surface area contributed by atoms with Crippen LogP contribution in [0.5, 0.6) is 0 Å². The van der Waals surface area contributed by atoms with Gasteiger partial charge in [-0.25, -0.2) is 13.1 Å². The number of halogens is 4. The number of nitrogens with two attached hydrogens (primary N) is 1. The highest BCUT2D eigenvalue weighted by molar-refractivity contribution is 7.89. The summed E-state index contributed by atoms with van der Waals surface area (Å²) in [4.78, 5) is -0.164. The predicted molar refractivity (Wildman–Crippen MR) is 84.6 cm³/mol. The number of rotatable bonds is 5. The fraction of sp³-hybridized carbons (Fsp3) is 0.455. The Morgan fingerprint density at radius 1 is 1.25 bits per heavy atom. The van der Waals surface area contributed by atoms with E-state index < -0.39 is 10.0 Å². The summed E-state index contributed by atoms with van der Waals surface area (Å²) < 4.78 is 26.7. The average molecular weight is 380 g/mol. The lowest BCUT2D eigenvalue weighted by molar-refractivity contribution is 0.548. The Hall–Kier alpha value is 0.250. The molecule has 1 aliphatic rings. The number of hydrogen-bond donors (Lipinski definition) is 2. The van der Waals surface area contributed by atoms with E-state index in [-0.39, 0.29) is 45.0 Å². The fourth-order valence-electron chi connectivity index (χ4n) is 1.75. The minimum atomic E-state index is -3.79. The Balaban J connectivity index is 0.00000200. The second-order valence-corrected chi connectivity index (χ2v) is 7.51. The molecule has 1 aliphatic carbocycles. The van der Waals surface area contributed by atoms with E-state index >= 15 is 0 Å². The quantitative estimate of drug-likeness (QED) is 0.825. The minimum Gasteiger partial charge on any atom is -0.326 e. The molecule has 4 nitrogen and oxygen atoms in total. The molecule has 0 aliphatic heterocycles. The number of sulfonamides is 1. The largest absolute Gasteiger partial charge is 0.326 e. The lowest BCUT2D eigenvalue weighted by atomic mass is 10.2. The smallest absolute Gasteiger partial charge is 0.243 e. The highest BCUT2D eigenvalue weighted by atomic mass is 35.5. The molecule has 2 rings (SSSR count). The Morgan fingerprint density at radius 2 is 1.75 bits per heavy atom. The average Bonchev–Trinajstić information content (AvgIpc) is 3.07. The van der Waals surface area contributed by atoms with E-state index in [0.717, 1.165) is 12.8 Å². The van der Waals surface area contributed by atoms with E-state index in [2.05, 4.69) is 4.72 Å². The molecule has 0 aromatic heterocycles. The van der Waals surface area contributed by atoms with Crippen LogP contribution in [-0.2, 0) is 10.0 Å². The Kier molecular flexibility index (Phi) is 6.41. The molecule has 1 fully saturated rings. The topological polar surface area (TPSA) is 72.2 Å². The van der Waals surface area contributed by atoms with E-state index in [1.807, 2.05) is 0 Å². The number of hydrogen-bond acceptors (Lipinski definition) is 3. The third-order valence-electron chi connectivity index (χ3n) is 2.97. The molecule has 1 aromatic rings. The standard InChI is InChI=1S/C11H13Cl3N2O2S.ClH/c12-7-3-8(13)11(9(14)4-7)19(17,18)16-5-10(15)6-1-2-6;/h3-4,6,10,16H,1-2,5,15H2;1H. The molecule has 1 saturated carbocycles. The third-order valence-corrected chi connectivity index (χ3v) is 5.53. The first kappa shape index (κ1) is 18.3. The van der Waals surface area contributed by atoms with Gasteiger partial charge < -0.3 is 5.73 Å². The van der Waals surface area contributed by atoms with Crippen molar-refractivity contribution in [2.75, 3.05) is 6.54 Å². The van der Waals surface area contributed by atoms with Gasteiger partial charge in [0.1, 0.15) is 4.90 Å². The Bertz CT molecular complexity index is 567. The van der Waals surface area contributed by atoms with Crippen LogP contribution in [0.25, 0.3) is 0 Å². The first-order valence-corrected chi connectivity index (χ1v) is 8.33. The van der Waals surface area contributed by atoms with Crippen LogP contribution in [0.15, 0.2) is 17.0 Å². The lowest BCUT2D eigenvalue weighted by Gasteiger charge is -2.14. The van der Waals surface area contributed by atoms with Crippen LogP contribution in [0.2, 0.25) is 15.1 Å². The summed E-state index contributed by atoms with van der Waals surface area (Å²) in [5, 5.41) is 0.263. The van der Waals surface area contributed by atoms with Crippen molar-refractivity contribution in [2.45, 2.75) is 23.8 Å². The first-order chi connectivity index (χ1) is 8.81. The van der Waals surface area contributed by atoms with Gasteiger partial charge in [-0.05, 0) is 30.9 Å². The van der Waals surface area contributed by atoms with Crippen molar-refractivity contribution in [3.05, 3.63) is 27.2 Å². The molecular weight excluding hydrogens is 366 g/mol. The van der Waals surface area contributed by atoms with Crippen LogP contribution in [0.4, 0.5) is 0 Å². The van der Waals surface area contributed by atoms with Gasteiger partial charge >= 0.3 is 0 Å². The SMILES string of the molecule is Cl.NC(CNS(=O)(=O)c1c(Cl)cc(Cl)cc1Cl)C1CC1. The summed E-state index contributed by atoms with van der Waals surface area (Å²) in [7, 11) is -3.79. The van der Waals surface area contributed by atoms with Crippen LogP contribution < -0.4 is 10.5 Å². The predicted octanol–water partition coefficient (Wildman–Crippen LogP) is 3.08. The molecule has 1 aromatic carbocycles. The van der Waals surface area contributed by atoms with Crippen LogP contribution >= 0.6 is 47.2 Å². The summed E-state index contributed by atoms with van der Waals surface area (Å²) >= 11 is 17.5. The zero-order chi connectivity index (χ0) is 14.2. The number of benzene rings is 1. The van der Waals surface area contributed by atoms with Crippen molar-refractivity contribution >= 4 is 57.2 Å². The van der Waals surface area contributed by atoms with Gasteiger partial charge in [-0.1, -0.05) is 34.8 Å². The lowest BCUT2D eigenvalue weighted by Crippen LogP contribution is -2.38. The summed E-state index contributed by atoms with van der Waals surface area (Å²) in [6, 6.07) is 2.49. The van der Waals surface area contributed by atoms with Crippen molar-refractivity contribution in [1.29, 1.82) is 0 Å². The normalized spacial score (nSPS) is 16.6. The van der Waals surface area contributed by atoms with E-state index in [4.69, 9.17) is 40.5 Å².